The summed E-state index contributed by atoms with van der Waals surface area (Å²) in [4.78, 5) is 16.9. The van der Waals surface area contributed by atoms with Gasteiger partial charge in [-0.3, -0.25) is 9.69 Å². The lowest BCUT2D eigenvalue weighted by molar-refractivity contribution is -0.112. The molecule has 1 heterocycles. The van der Waals surface area contributed by atoms with Crippen LogP contribution in [0, 0.1) is 0 Å². The van der Waals surface area contributed by atoms with Gasteiger partial charge in [-0.2, -0.15) is 0 Å². The number of nitrogens with zero attached hydrogens (tertiary/aromatic N) is 2. The van der Waals surface area contributed by atoms with Gasteiger partial charge < -0.3 is 15.0 Å². The number of para-hydroxylation sites is 2. The Kier molecular flexibility index (Phi) is 7.28. The Morgan fingerprint density at radius 3 is 2.67 bits per heavy atom. The Balaban J connectivity index is 1.87. The number of ether oxygens (including phenoxy) is 1. The monoisotopic (exact) mass is 331 g/mol. The SMILES string of the molecule is CC/C=C(/C)C(=O)Nc1ccccc1OCCN1CCN(C)CC1. The second-order valence-electron chi connectivity index (χ2n) is 6.24. The number of piperazine rings is 1. The number of hydrogen-bond acceptors (Lipinski definition) is 4. The lowest BCUT2D eigenvalue weighted by Crippen LogP contribution is -2.45. The molecule has 1 N–H and O–H groups in total. The van der Waals surface area contributed by atoms with Gasteiger partial charge in [0.2, 0.25) is 0 Å². The number of allylic oxidation sites excluding steroid dienone is 1. The van der Waals surface area contributed by atoms with Crippen LogP contribution in [0.3, 0.4) is 0 Å². The van der Waals surface area contributed by atoms with Crippen LogP contribution >= 0.6 is 0 Å². The smallest absolute Gasteiger partial charge is 0.251 e. The first kappa shape index (κ1) is 18.5. The van der Waals surface area contributed by atoms with Gasteiger partial charge in [0, 0.05) is 38.3 Å². The van der Waals surface area contributed by atoms with Crippen molar-refractivity contribution in [3.8, 4) is 5.75 Å². The molecule has 0 aliphatic carbocycles. The number of nitrogens with one attached hydrogen (secondary N) is 1. The quantitative estimate of drug-likeness (QED) is 0.780. The maximum Gasteiger partial charge on any atom is 0.251 e. The molecule has 1 aliphatic heterocycles. The maximum absolute atomic E-state index is 12.2. The van der Waals surface area contributed by atoms with Crippen molar-refractivity contribution in [1.82, 2.24) is 9.80 Å². The van der Waals surface area contributed by atoms with Crippen molar-refractivity contribution >= 4 is 11.6 Å². The van der Waals surface area contributed by atoms with Crippen molar-refractivity contribution in [2.45, 2.75) is 20.3 Å². The third kappa shape index (κ3) is 5.65. The van der Waals surface area contributed by atoms with Crippen LogP contribution in [-0.2, 0) is 4.79 Å². The van der Waals surface area contributed by atoms with Crippen molar-refractivity contribution in [2.24, 2.45) is 0 Å². The summed E-state index contributed by atoms with van der Waals surface area (Å²) in [6.07, 6.45) is 2.77. The topological polar surface area (TPSA) is 44.8 Å². The van der Waals surface area contributed by atoms with E-state index in [0.717, 1.165) is 56.2 Å². The minimum Gasteiger partial charge on any atom is -0.490 e. The molecule has 1 aliphatic rings. The fourth-order valence-electron chi connectivity index (χ4n) is 2.67. The highest BCUT2D eigenvalue weighted by Gasteiger charge is 2.14. The van der Waals surface area contributed by atoms with E-state index in [-0.39, 0.29) is 5.91 Å². The molecule has 1 amide bonds. The van der Waals surface area contributed by atoms with Crippen LogP contribution in [-0.4, -0.2) is 62.1 Å². The molecule has 1 aromatic rings. The zero-order valence-electron chi connectivity index (χ0n) is 15.0. The maximum atomic E-state index is 12.2. The zero-order chi connectivity index (χ0) is 17.4. The summed E-state index contributed by atoms with van der Waals surface area (Å²) in [5, 5.41) is 2.94. The minimum absolute atomic E-state index is 0.0769. The van der Waals surface area contributed by atoms with Gasteiger partial charge in [-0.05, 0) is 32.5 Å². The van der Waals surface area contributed by atoms with E-state index in [0.29, 0.717) is 6.61 Å². The van der Waals surface area contributed by atoms with Gasteiger partial charge >= 0.3 is 0 Å². The van der Waals surface area contributed by atoms with E-state index in [4.69, 9.17) is 4.74 Å². The largest absolute Gasteiger partial charge is 0.490 e. The average molecular weight is 331 g/mol. The summed E-state index contributed by atoms with van der Waals surface area (Å²) in [6.45, 7) is 9.76. The first-order valence-electron chi connectivity index (χ1n) is 8.71. The van der Waals surface area contributed by atoms with Crippen LogP contribution < -0.4 is 10.1 Å². The lowest BCUT2D eigenvalue weighted by Gasteiger charge is -2.32. The number of hydrogen-bond donors (Lipinski definition) is 1. The molecule has 0 aromatic heterocycles. The summed E-state index contributed by atoms with van der Waals surface area (Å²) >= 11 is 0. The standard InChI is InChI=1S/C19H29N3O2/c1-4-7-16(2)19(23)20-17-8-5-6-9-18(17)24-15-14-22-12-10-21(3)11-13-22/h5-9H,4,10-15H2,1-3H3,(H,20,23)/b16-7-. The molecule has 0 spiro atoms. The summed E-state index contributed by atoms with van der Waals surface area (Å²) in [7, 11) is 2.15. The Hall–Kier alpha value is -1.85. The summed E-state index contributed by atoms with van der Waals surface area (Å²) in [5.41, 5.74) is 1.45. The van der Waals surface area contributed by atoms with Gasteiger partial charge in [0.05, 0.1) is 5.69 Å². The molecule has 132 valence electrons. The number of likely N-dealkylation sites (N-methyl/N-ethyl adjacent to an activating group) is 1. The first-order valence-corrected chi connectivity index (χ1v) is 8.71. The van der Waals surface area contributed by atoms with Crippen LogP contribution in [0.4, 0.5) is 5.69 Å². The Bertz CT molecular complexity index is 563. The number of carbonyl (C=O) groups excluding carboxylic acids is 1. The second-order valence-corrected chi connectivity index (χ2v) is 6.24. The molecule has 1 aromatic carbocycles. The lowest BCUT2D eigenvalue weighted by atomic mass is 10.2. The third-order valence-electron chi connectivity index (χ3n) is 4.26. The van der Waals surface area contributed by atoms with Crippen molar-refractivity contribution in [3.63, 3.8) is 0 Å². The number of carbonyl (C=O) groups is 1. The van der Waals surface area contributed by atoms with Gasteiger partial charge in [0.15, 0.2) is 0 Å². The van der Waals surface area contributed by atoms with E-state index in [9.17, 15) is 4.79 Å². The molecule has 0 radical (unpaired) electrons. The van der Waals surface area contributed by atoms with Crippen molar-refractivity contribution in [2.75, 3.05) is 51.7 Å². The van der Waals surface area contributed by atoms with E-state index in [1.165, 1.54) is 0 Å². The molecule has 0 atom stereocenters. The predicted molar refractivity (Wildman–Crippen MR) is 98.6 cm³/mol. The average Bonchev–Trinajstić information content (AvgIpc) is 2.58. The highest BCUT2D eigenvalue weighted by atomic mass is 16.5. The van der Waals surface area contributed by atoms with Gasteiger partial charge in [0.25, 0.3) is 5.91 Å². The van der Waals surface area contributed by atoms with Crippen LogP contribution in [0.1, 0.15) is 20.3 Å². The molecule has 2 rings (SSSR count). The van der Waals surface area contributed by atoms with Crippen molar-refractivity contribution < 1.29 is 9.53 Å². The minimum atomic E-state index is -0.0769. The molecule has 24 heavy (non-hydrogen) atoms. The Labute approximate surface area is 145 Å². The Morgan fingerprint density at radius 1 is 1.25 bits per heavy atom. The molecule has 0 unspecified atom stereocenters. The third-order valence-corrected chi connectivity index (χ3v) is 4.26. The van der Waals surface area contributed by atoms with Gasteiger partial charge in [0.1, 0.15) is 12.4 Å². The van der Waals surface area contributed by atoms with Gasteiger partial charge in [-0.15, -0.1) is 0 Å². The van der Waals surface area contributed by atoms with E-state index in [1.54, 1.807) is 0 Å². The van der Waals surface area contributed by atoms with Gasteiger partial charge in [-0.1, -0.05) is 25.1 Å². The number of amides is 1. The molecule has 1 saturated heterocycles. The molecule has 0 bridgehead atoms. The summed E-state index contributed by atoms with van der Waals surface area (Å²) in [5.74, 6) is 0.649. The van der Waals surface area contributed by atoms with Crippen LogP contribution in [0.25, 0.3) is 0 Å². The fourth-order valence-corrected chi connectivity index (χ4v) is 2.67. The highest BCUT2D eigenvalue weighted by Crippen LogP contribution is 2.24. The summed E-state index contributed by atoms with van der Waals surface area (Å²) in [6, 6.07) is 7.61. The Morgan fingerprint density at radius 2 is 1.96 bits per heavy atom. The number of rotatable bonds is 7. The molecule has 1 fully saturated rings. The first-order chi connectivity index (χ1) is 11.6. The van der Waals surface area contributed by atoms with Crippen LogP contribution in [0.2, 0.25) is 0 Å². The normalized spacial score (nSPS) is 16.9. The van der Waals surface area contributed by atoms with E-state index >= 15 is 0 Å². The van der Waals surface area contributed by atoms with Crippen molar-refractivity contribution in [1.29, 1.82) is 0 Å². The molecular formula is C19H29N3O2. The van der Waals surface area contributed by atoms with Crippen LogP contribution in [0.5, 0.6) is 5.75 Å². The van der Waals surface area contributed by atoms with E-state index in [2.05, 4.69) is 22.2 Å². The zero-order valence-corrected chi connectivity index (χ0v) is 15.0. The summed E-state index contributed by atoms with van der Waals surface area (Å²) < 4.78 is 5.92. The second kappa shape index (κ2) is 9.45. The number of benzene rings is 1. The molecule has 5 nitrogen and oxygen atoms in total. The highest BCUT2D eigenvalue weighted by molar-refractivity contribution is 6.04. The number of anilines is 1. The fraction of sp³-hybridized carbons (Fsp3) is 0.526. The van der Waals surface area contributed by atoms with Gasteiger partial charge in [-0.25, -0.2) is 0 Å². The van der Waals surface area contributed by atoms with E-state index in [1.807, 2.05) is 44.2 Å². The van der Waals surface area contributed by atoms with Crippen LogP contribution in [0.15, 0.2) is 35.9 Å². The molecular weight excluding hydrogens is 302 g/mol. The predicted octanol–water partition coefficient (Wildman–Crippen LogP) is 2.61. The van der Waals surface area contributed by atoms with E-state index < -0.39 is 0 Å². The molecule has 5 heteroatoms. The van der Waals surface area contributed by atoms with Crippen molar-refractivity contribution in [3.05, 3.63) is 35.9 Å². The molecule has 0 saturated carbocycles.